The number of rotatable bonds is 4. The fourth-order valence-electron chi connectivity index (χ4n) is 2.61. The van der Waals surface area contributed by atoms with Gasteiger partial charge in [0, 0.05) is 5.02 Å². The van der Waals surface area contributed by atoms with Gasteiger partial charge in [0.15, 0.2) is 0 Å². The first-order chi connectivity index (χ1) is 12.7. The van der Waals surface area contributed by atoms with Crippen LogP contribution in [0, 0.1) is 0 Å². The highest BCUT2D eigenvalue weighted by molar-refractivity contribution is 6.53. The van der Waals surface area contributed by atoms with Gasteiger partial charge in [0.2, 0.25) is 0 Å². The zero-order valence-electron chi connectivity index (χ0n) is 13.5. The summed E-state index contributed by atoms with van der Waals surface area (Å²) in [5.74, 6) is -2.56. The first-order valence-electron chi connectivity index (χ1n) is 7.64. The monoisotopic (exact) mass is 397 g/mol. The number of nitrogens with zero attached hydrogens (tertiary/aromatic N) is 1. The molecule has 0 spiro atoms. The molecule has 0 aromatic heterocycles. The Morgan fingerprint density at radius 1 is 1.11 bits per heavy atom. The molecule has 0 saturated heterocycles. The normalized spacial score (nSPS) is 13.7. The van der Waals surface area contributed by atoms with Crippen LogP contribution >= 0.6 is 11.6 Å². The van der Waals surface area contributed by atoms with E-state index in [1.54, 1.807) is 0 Å². The summed E-state index contributed by atoms with van der Waals surface area (Å²) < 4.78 is 43.0. The molecule has 2 aromatic rings. The zero-order valence-corrected chi connectivity index (χ0v) is 14.3. The molecule has 0 bridgehead atoms. The maximum atomic E-state index is 12.7. The van der Waals surface area contributed by atoms with E-state index in [1.165, 1.54) is 30.3 Å². The summed E-state index contributed by atoms with van der Waals surface area (Å²) in [5.41, 5.74) is -0.403. The summed E-state index contributed by atoms with van der Waals surface area (Å²) in [6.07, 6.45) is -4.51. The molecular formula is C18H11ClF3NO4. The number of carbonyl (C=O) groups is 3. The number of amides is 1. The highest BCUT2D eigenvalue weighted by Gasteiger charge is 2.37. The molecule has 0 N–H and O–H groups in total. The van der Waals surface area contributed by atoms with E-state index in [0.29, 0.717) is 0 Å². The van der Waals surface area contributed by atoms with Gasteiger partial charge in [0.05, 0.1) is 16.8 Å². The van der Waals surface area contributed by atoms with E-state index in [1.807, 2.05) is 0 Å². The van der Waals surface area contributed by atoms with E-state index in [9.17, 15) is 27.6 Å². The third-order valence-corrected chi connectivity index (χ3v) is 4.11. The topological polar surface area (TPSA) is 63.7 Å². The molecule has 3 rings (SSSR count). The minimum atomic E-state index is -4.51. The van der Waals surface area contributed by atoms with E-state index < -0.39 is 42.6 Å². The van der Waals surface area contributed by atoms with Crippen molar-refractivity contribution in [3.63, 3.8) is 0 Å². The van der Waals surface area contributed by atoms with Crippen molar-refractivity contribution in [3.8, 4) is 0 Å². The van der Waals surface area contributed by atoms with E-state index in [2.05, 4.69) is 0 Å². The number of hydrogen-bond acceptors (Lipinski definition) is 4. The van der Waals surface area contributed by atoms with Gasteiger partial charge in [-0.25, -0.2) is 0 Å². The van der Waals surface area contributed by atoms with E-state index in [-0.39, 0.29) is 21.8 Å². The molecule has 27 heavy (non-hydrogen) atoms. The number of halogens is 4. The van der Waals surface area contributed by atoms with Crippen LogP contribution < -0.4 is 4.90 Å². The molecule has 0 aliphatic carbocycles. The average Bonchev–Trinajstić information content (AvgIpc) is 2.84. The molecule has 1 heterocycles. The lowest BCUT2D eigenvalue weighted by molar-refractivity contribution is -0.143. The number of alkyl halides is 3. The van der Waals surface area contributed by atoms with Crippen LogP contribution in [0.2, 0.25) is 5.02 Å². The van der Waals surface area contributed by atoms with Crippen molar-refractivity contribution in [1.82, 2.24) is 0 Å². The van der Waals surface area contributed by atoms with Crippen molar-refractivity contribution in [2.45, 2.75) is 12.8 Å². The van der Waals surface area contributed by atoms with Gasteiger partial charge in [-0.1, -0.05) is 23.7 Å². The zero-order chi connectivity index (χ0) is 19.8. The summed E-state index contributed by atoms with van der Waals surface area (Å²) in [5, 5.41) is 0.267. The lowest BCUT2D eigenvalue weighted by Gasteiger charge is -2.16. The fraction of sp³-hybridized carbons (Fsp3) is 0.167. The molecule has 1 amide bonds. The van der Waals surface area contributed by atoms with Gasteiger partial charge in [-0.2, -0.15) is 13.2 Å². The van der Waals surface area contributed by atoms with E-state index in [0.717, 1.165) is 17.0 Å². The van der Waals surface area contributed by atoms with E-state index >= 15 is 0 Å². The highest BCUT2D eigenvalue weighted by atomic mass is 35.5. The number of esters is 1. The molecule has 9 heteroatoms. The Hall–Kier alpha value is -2.87. The Kier molecular flexibility index (Phi) is 4.93. The quantitative estimate of drug-likeness (QED) is 0.584. The fourth-order valence-corrected chi connectivity index (χ4v) is 2.78. The van der Waals surface area contributed by atoms with Crippen molar-refractivity contribution in [2.24, 2.45) is 0 Å². The summed E-state index contributed by atoms with van der Waals surface area (Å²) in [7, 11) is 0. The number of hydrogen-bond donors (Lipinski definition) is 0. The third kappa shape index (κ3) is 3.95. The average molecular weight is 398 g/mol. The molecule has 140 valence electrons. The molecule has 1 aliphatic heterocycles. The second-order valence-electron chi connectivity index (χ2n) is 5.74. The van der Waals surface area contributed by atoms with Gasteiger partial charge in [0.1, 0.15) is 13.2 Å². The Morgan fingerprint density at radius 3 is 2.56 bits per heavy atom. The first-order valence-corrected chi connectivity index (χ1v) is 8.02. The van der Waals surface area contributed by atoms with E-state index in [4.69, 9.17) is 16.3 Å². The van der Waals surface area contributed by atoms with Crippen LogP contribution in [-0.4, -0.2) is 24.2 Å². The number of carbonyl (C=O) groups excluding carboxylic acids is 3. The van der Waals surface area contributed by atoms with Crippen molar-refractivity contribution in [2.75, 3.05) is 11.4 Å². The van der Waals surface area contributed by atoms with Gasteiger partial charge in [-0.05, 0) is 35.9 Å². The number of benzene rings is 2. The van der Waals surface area contributed by atoms with Crippen LogP contribution in [0.3, 0.4) is 0 Å². The van der Waals surface area contributed by atoms with Gasteiger partial charge in [-0.15, -0.1) is 0 Å². The van der Waals surface area contributed by atoms with Crippen molar-refractivity contribution < 1.29 is 32.3 Å². The molecule has 2 aromatic carbocycles. The number of Topliss-reactive ketones (excluding diaryl/α,β-unsaturated/α-hetero) is 1. The second-order valence-corrected chi connectivity index (χ2v) is 6.18. The Morgan fingerprint density at radius 2 is 1.85 bits per heavy atom. The van der Waals surface area contributed by atoms with Crippen LogP contribution in [0.15, 0.2) is 42.5 Å². The van der Waals surface area contributed by atoms with Gasteiger partial charge < -0.3 is 4.74 Å². The first kappa shape index (κ1) is 18.9. The van der Waals surface area contributed by atoms with Crippen LogP contribution in [0.5, 0.6) is 0 Å². The lowest BCUT2D eigenvalue weighted by Crippen LogP contribution is -2.35. The predicted molar refractivity (Wildman–Crippen MR) is 89.4 cm³/mol. The lowest BCUT2D eigenvalue weighted by atomic mass is 10.1. The van der Waals surface area contributed by atoms with Gasteiger partial charge in [0.25, 0.3) is 11.7 Å². The summed E-state index contributed by atoms with van der Waals surface area (Å²) in [6, 6.07) is 8.58. The smallest absolute Gasteiger partial charge is 0.416 e. The minimum Gasteiger partial charge on any atom is -0.459 e. The maximum Gasteiger partial charge on any atom is 0.416 e. The Balaban J connectivity index is 1.67. The Labute approximate surface area is 156 Å². The molecular weight excluding hydrogens is 387 g/mol. The summed E-state index contributed by atoms with van der Waals surface area (Å²) in [6.45, 7) is -0.940. The standard InChI is InChI=1S/C18H11ClF3NO4/c19-12-4-5-14-13(7-12)16(25)17(26)23(14)8-15(24)27-9-10-2-1-3-11(6-10)18(20,21)22/h1-7H,8-9H2. The summed E-state index contributed by atoms with van der Waals surface area (Å²) >= 11 is 5.80. The predicted octanol–water partition coefficient (Wildman–Crippen LogP) is 3.63. The number of fused-ring (bicyclic) bond motifs is 1. The molecule has 1 aliphatic rings. The molecule has 0 saturated carbocycles. The molecule has 0 unspecified atom stereocenters. The molecule has 0 radical (unpaired) electrons. The third-order valence-electron chi connectivity index (χ3n) is 3.87. The van der Waals surface area contributed by atoms with Crippen LogP contribution in [-0.2, 0) is 27.1 Å². The molecule has 5 nitrogen and oxygen atoms in total. The second kappa shape index (κ2) is 7.03. The highest BCUT2D eigenvalue weighted by Crippen LogP contribution is 2.31. The van der Waals surface area contributed by atoms with Crippen molar-refractivity contribution in [1.29, 1.82) is 0 Å². The number of ketones is 1. The van der Waals surface area contributed by atoms with Gasteiger partial charge in [-0.3, -0.25) is 19.3 Å². The number of anilines is 1. The number of ether oxygens (including phenoxy) is 1. The minimum absolute atomic E-state index is 0.0816. The van der Waals surface area contributed by atoms with Crippen molar-refractivity contribution in [3.05, 3.63) is 64.2 Å². The van der Waals surface area contributed by atoms with Gasteiger partial charge >= 0.3 is 12.1 Å². The Bertz CT molecular complexity index is 942. The van der Waals surface area contributed by atoms with Crippen molar-refractivity contribution >= 4 is 34.9 Å². The van der Waals surface area contributed by atoms with Crippen LogP contribution in [0.25, 0.3) is 0 Å². The summed E-state index contributed by atoms with van der Waals surface area (Å²) in [4.78, 5) is 36.9. The van der Waals surface area contributed by atoms with Crippen LogP contribution in [0.1, 0.15) is 21.5 Å². The molecule has 0 atom stereocenters. The largest absolute Gasteiger partial charge is 0.459 e. The maximum absolute atomic E-state index is 12.7. The van der Waals surface area contributed by atoms with Crippen LogP contribution in [0.4, 0.5) is 18.9 Å². The SMILES string of the molecule is O=C(CN1C(=O)C(=O)c2cc(Cl)ccc21)OCc1cccc(C(F)(F)F)c1. The molecule has 0 fully saturated rings.